The Morgan fingerprint density at radius 2 is 2.07 bits per heavy atom. The zero-order valence-electron chi connectivity index (χ0n) is 15.8. The highest BCUT2D eigenvalue weighted by Crippen LogP contribution is 2.20. The van der Waals surface area contributed by atoms with E-state index < -0.39 is 0 Å². The molecule has 6 nitrogen and oxygen atoms in total. The fourth-order valence-electron chi connectivity index (χ4n) is 2.86. The fraction of sp³-hybridized carbons (Fsp3) is 0.350. The van der Waals surface area contributed by atoms with Crippen molar-refractivity contribution in [2.75, 3.05) is 11.1 Å². The van der Waals surface area contributed by atoms with E-state index in [0.717, 1.165) is 29.8 Å². The van der Waals surface area contributed by atoms with E-state index in [1.54, 1.807) is 4.57 Å². The van der Waals surface area contributed by atoms with Crippen LogP contribution in [0.25, 0.3) is 11.0 Å². The Hall–Kier alpha value is -2.54. The third-order valence-corrected chi connectivity index (χ3v) is 5.30. The summed E-state index contributed by atoms with van der Waals surface area (Å²) in [5, 5.41) is 3.50. The molecule has 3 rings (SSSR count). The number of carbonyl (C=O) groups is 1. The number of aromatic nitrogens is 3. The van der Waals surface area contributed by atoms with Crippen molar-refractivity contribution in [3.8, 4) is 0 Å². The molecule has 1 aromatic carbocycles. The monoisotopic (exact) mass is 384 g/mol. The zero-order chi connectivity index (χ0) is 19.4. The lowest BCUT2D eigenvalue weighted by atomic mass is 10.2. The molecule has 0 atom stereocenters. The number of fused-ring (bicyclic) bond motifs is 1. The number of rotatable bonds is 7. The summed E-state index contributed by atoms with van der Waals surface area (Å²) in [7, 11) is 0. The van der Waals surface area contributed by atoms with Crippen molar-refractivity contribution in [3.05, 3.63) is 51.9 Å². The van der Waals surface area contributed by atoms with Crippen molar-refractivity contribution in [2.24, 2.45) is 0 Å². The molecule has 0 aliphatic heterocycles. The first-order valence-electron chi connectivity index (χ1n) is 9.08. The molecule has 0 unspecified atom stereocenters. The molecule has 2 heterocycles. The van der Waals surface area contributed by atoms with E-state index in [-0.39, 0.29) is 17.2 Å². The predicted octanol–water partition coefficient (Wildman–Crippen LogP) is 3.87. The van der Waals surface area contributed by atoms with E-state index >= 15 is 0 Å². The van der Waals surface area contributed by atoms with Crippen molar-refractivity contribution in [2.45, 2.75) is 45.3 Å². The summed E-state index contributed by atoms with van der Waals surface area (Å²) in [6.45, 7) is 6.53. The third kappa shape index (κ3) is 4.42. The lowest BCUT2D eigenvalue weighted by molar-refractivity contribution is -0.113. The van der Waals surface area contributed by atoms with Crippen molar-refractivity contribution in [1.82, 2.24) is 14.5 Å². The highest BCUT2D eigenvalue weighted by atomic mass is 32.2. The maximum absolute atomic E-state index is 12.8. The van der Waals surface area contributed by atoms with Gasteiger partial charge in [-0.05, 0) is 38.0 Å². The molecule has 0 saturated heterocycles. The van der Waals surface area contributed by atoms with Gasteiger partial charge >= 0.3 is 0 Å². The minimum atomic E-state index is -0.115. The van der Waals surface area contributed by atoms with Crippen LogP contribution in [0.15, 0.2) is 40.3 Å². The normalized spacial score (nSPS) is 11.1. The van der Waals surface area contributed by atoms with Gasteiger partial charge in [0.15, 0.2) is 5.16 Å². The van der Waals surface area contributed by atoms with Crippen LogP contribution in [0, 0.1) is 13.8 Å². The topological polar surface area (TPSA) is 79.8 Å². The van der Waals surface area contributed by atoms with Crippen LogP contribution in [-0.2, 0) is 11.3 Å². The molecule has 0 aliphatic rings. The molecule has 0 aliphatic carbocycles. The number of aromatic amines is 1. The number of hydrogen-bond donors (Lipinski definition) is 2. The Labute approximate surface area is 162 Å². The molecule has 0 spiro atoms. The number of anilines is 1. The van der Waals surface area contributed by atoms with E-state index in [9.17, 15) is 9.59 Å². The van der Waals surface area contributed by atoms with Gasteiger partial charge in [-0.25, -0.2) is 4.98 Å². The molecule has 2 aromatic heterocycles. The van der Waals surface area contributed by atoms with E-state index in [4.69, 9.17) is 0 Å². The maximum atomic E-state index is 12.8. The van der Waals surface area contributed by atoms with Crippen LogP contribution in [0.5, 0.6) is 0 Å². The minimum Gasteiger partial charge on any atom is -0.353 e. The number of hydrogen-bond acceptors (Lipinski definition) is 4. The lowest BCUT2D eigenvalue weighted by Gasteiger charge is -2.12. The maximum Gasteiger partial charge on any atom is 0.278 e. The molecule has 0 bridgehead atoms. The Morgan fingerprint density at radius 1 is 1.30 bits per heavy atom. The number of para-hydroxylation sites is 1. The smallest absolute Gasteiger partial charge is 0.278 e. The van der Waals surface area contributed by atoms with Gasteiger partial charge < -0.3 is 10.3 Å². The van der Waals surface area contributed by atoms with Crippen LogP contribution in [0.1, 0.15) is 31.0 Å². The summed E-state index contributed by atoms with van der Waals surface area (Å²) in [5.74, 6) is 0.0814. The number of benzene rings is 1. The number of thioether (sulfide) groups is 1. The van der Waals surface area contributed by atoms with E-state index in [0.29, 0.717) is 22.7 Å². The van der Waals surface area contributed by atoms with Gasteiger partial charge in [-0.15, -0.1) is 0 Å². The van der Waals surface area contributed by atoms with Crippen LogP contribution in [0.4, 0.5) is 5.69 Å². The van der Waals surface area contributed by atoms with Crippen LogP contribution in [0.2, 0.25) is 0 Å². The van der Waals surface area contributed by atoms with Crippen LogP contribution >= 0.6 is 11.8 Å². The van der Waals surface area contributed by atoms with E-state index in [1.807, 2.05) is 44.2 Å². The summed E-state index contributed by atoms with van der Waals surface area (Å²) < 4.78 is 1.67. The largest absolute Gasteiger partial charge is 0.353 e. The van der Waals surface area contributed by atoms with E-state index in [2.05, 4.69) is 22.2 Å². The number of nitrogens with zero attached hydrogens (tertiary/aromatic N) is 2. The third-order valence-electron chi connectivity index (χ3n) is 4.32. The van der Waals surface area contributed by atoms with Crippen LogP contribution in [0.3, 0.4) is 0 Å². The zero-order valence-corrected chi connectivity index (χ0v) is 16.7. The molecular weight excluding hydrogens is 360 g/mol. The van der Waals surface area contributed by atoms with Crippen molar-refractivity contribution in [1.29, 1.82) is 0 Å². The first kappa shape index (κ1) is 19.2. The second kappa shape index (κ2) is 8.43. The molecule has 0 saturated carbocycles. The van der Waals surface area contributed by atoms with Gasteiger partial charge in [0, 0.05) is 17.9 Å². The van der Waals surface area contributed by atoms with Gasteiger partial charge in [0.25, 0.3) is 5.56 Å². The van der Waals surface area contributed by atoms with Crippen molar-refractivity contribution in [3.63, 3.8) is 0 Å². The second-order valence-corrected chi connectivity index (χ2v) is 7.51. The quantitative estimate of drug-likeness (QED) is 0.479. The molecule has 0 radical (unpaired) electrons. The Kier molecular flexibility index (Phi) is 6.01. The molecular formula is C20H24N4O2S. The molecule has 2 N–H and O–H groups in total. The Bertz CT molecular complexity index is 1020. The fourth-order valence-corrected chi connectivity index (χ4v) is 3.69. The number of amides is 1. The number of unbranched alkanes of at least 4 members (excludes halogenated alkanes) is 1. The van der Waals surface area contributed by atoms with E-state index in [1.165, 1.54) is 11.8 Å². The highest BCUT2D eigenvalue weighted by Gasteiger charge is 2.15. The molecule has 7 heteroatoms. The van der Waals surface area contributed by atoms with Crippen LogP contribution < -0.4 is 10.9 Å². The number of carbonyl (C=O) groups excluding carboxylic acids is 1. The minimum absolute atomic E-state index is 0.0802. The summed E-state index contributed by atoms with van der Waals surface area (Å²) in [4.78, 5) is 32.9. The average Bonchev–Trinajstić information content (AvgIpc) is 3.02. The van der Waals surface area contributed by atoms with Gasteiger partial charge in [0.05, 0.1) is 11.3 Å². The second-order valence-electron chi connectivity index (χ2n) is 6.57. The first-order chi connectivity index (χ1) is 13.0. The Morgan fingerprint density at radius 3 is 2.81 bits per heavy atom. The summed E-state index contributed by atoms with van der Waals surface area (Å²) >= 11 is 1.29. The van der Waals surface area contributed by atoms with Crippen molar-refractivity contribution >= 4 is 34.4 Å². The number of nitrogens with one attached hydrogen (secondary N) is 2. The number of aryl methyl sites for hydroxylation is 2. The predicted molar refractivity (Wildman–Crippen MR) is 111 cm³/mol. The summed E-state index contributed by atoms with van der Waals surface area (Å²) in [6.07, 6.45) is 1.86. The highest BCUT2D eigenvalue weighted by molar-refractivity contribution is 7.99. The molecule has 3 aromatic rings. The van der Waals surface area contributed by atoms with Gasteiger partial charge in [-0.2, -0.15) is 0 Å². The van der Waals surface area contributed by atoms with Gasteiger partial charge in [-0.1, -0.05) is 43.3 Å². The van der Waals surface area contributed by atoms with Gasteiger partial charge in [-0.3, -0.25) is 14.2 Å². The van der Waals surface area contributed by atoms with Gasteiger partial charge in [0.1, 0.15) is 5.52 Å². The standard InChI is InChI=1S/C20H24N4O2S/c1-4-5-10-24-19(26)18-16(11-14(3)21-18)23-20(24)27-12-17(25)22-15-9-7-6-8-13(15)2/h6-9,11,21H,4-5,10,12H2,1-3H3,(H,22,25). The van der Waals surface area contributed by atoms with Gasteiger partial charge in [0.2, 0.25) is 5.91 Å². The molecule has 27 heavy (non-hydrogen) atoms. The SMILES string of the molecule is CCCCn1c(SCC(=O)Nc2ccccc2C)nc2cc(C)[nH]c2c1=O. The first-order valence-corrected chi connectivity index (χ1v) is 10.1. The number of H-pyrrole nitrogens is 1. The van der Waals surface area contributed by atoms with Crippen LogP contribution in [-0.4, -0.2) is 26.2 Å². The Balaban J connectivity index is 1.81. The summed E-state index contributed by atoms with van der Waals surface area (Å²) in [5.41, 5.74) is 3.80. The molecule has 1 amide bonds. The molecule has 142 valence electrons. The van der Waals surface area contributed by atoms with Crippen molar-refractivity contribution < 1.29 is 4.79 Å². The summed E-state index contributed by atoms with van der Waals surface area (Å²) in [6, 6.07) is 9.52. The molecule has 0 fully saturated rings. The lowest BCUT2D eigenvalue weighted by Crippen LogP contribution is -2.24. The average molecular weight is 385 g/mol.